The Bertz CT molecular complexity index is 166. The van der Waals surface area contributed by atoms with Gasteiger partial charge in [0.15, 0.2) is 0 Å². The van der Waals surface area contributed by atoms with Gasteiger partial charge < -0.3 is 0 Å². The van der Waals surface area contributed by atoms with E-state index in [9.17, 15) is 0 Å². The molecule has 0 spiro atoms. The van der Waals surface area contributed by atoms with Gasteiger partial charge in [0.05, 0.1) is 0 Å². The molecular formula is C10H17N. The monoisotopic (exact) mass is 151 g/mol. The van der Waals surface area contributed by atoms with Crippen molar-refractivity contribution in [2.24, 2.45) is 10.9 Å². The summed E-state index contributed by atoms with van der Waals surface area (Å²) in [4.78, 5) is 4.25. The van der Waals surface area contributed by atoms with Crippen molar-refractivity contribution in [1.29, 1.82) is 0 Å². The molecule has 11 heavy (non-hydrogen) atoms. The van der Waals surface area contributed by atoms with Gasteiger partial charge in [0, 0.05) is 11.9 Å². The van der Waals surface area contributed by atoms with Crippen LogP contribution in [0.4, 0.5) is 0 Å². The fraction of sp³-hybridized carbons (Fsp3) is 0.500. The molecule has 0 aliphatic carbocycles. The molecule has 1 atom stereocenters. The van der Waals surface area contributed by atoms with E-state index in [0.717, 1.165) is 12.1 Å². The van der Waals surface area contributed by atoms with Crippen LogP contribution in [0, 0.1) is 5.92 Å². The van der Waals surface area contributed by atoms with Crippen molar-refractivity contribution in [3.05, 3.63) is 24.4 Å². The highest BCUT2D eigenvalue weighted by Crippen LogP contribution is 2.14. The number of aliphatic imine (C=N–C) groups is 1. The van der Waals surface area contributed by atoms with Crippen LogP contribution in [0.5, 0.6) is 0 Å². The molecule has 0 aliphatic rings. The van der Waals surface area contributed by atoms with E-state index in [1.54, 1.807) is 6.08 Å². The minimum Gasteiger partial charge on any atom is -0.266 e. The van der Waals surface area contributed by atoms with Gasteiger partial charge in [-0.2, -0.15) is 0 Å². The minimum atomic E-state index is 0.532. The largest absolute Gasteiger partial charge is 0.266 e. The predicted molar refractivity (Wildman–Crippen MR) is 51.9 cm³/mol. The average molecular weight is 151 g/mol. The van der Waals surface area contributed by atoms with Crippen LogP contribution in [0.1, 0.15) is 27.2 Å². The Morgan fingerprint density at radius 3 is 2.64 bits per heavy atom. The molecule has 0 amide bonds. The zero-order valence-corrected chi connectivity index (χ0v) is 7.67. The maximum atomic E-state index is 4.25. The van der Waals surface area contributed by atoms with Crippen LogP contribution in [0.15, 0.2) is 29.4 Å². The highest BCUT2D eigenvalue weighted by molar-refractivity contribution is 5.55. The number of nitrogens with zero attached hydrogens (tertiary/aromatic N) is 1. The molecule has 0 saturated carbocycles. The highest BCUT2D eigenvalue weighted by Gasteiger charge is 2.01. The third-order valence-corrected chi connectivity index (χ3v) is 1.68. The molecule has 62 valence electrons. The maximum Gasteiger partial charge on any atom is 0.0427 e. The number of rotatable bonds is 4. The van der Waals surface area contributed by atoms with Crippen molar-refractivity contribution in [1.82, 2.24) is 0 Å². The second kappa shape index (κ2) is 5.90. The molecule has 0 heterocycles. The lowest BCUT2D eigenvalue weighted by Crippen LogP contribution is -1.94. The third kappa shape index (κ3) is 3.76. The molecule has 1 heteroatoms. The quantitative estimate of drug-likeness (QED) is 0.432. The van der Waals surface area contributed by atoms with E-state index in [1.807, 2.05) is 19.2 Å². The first kappa shape index (κ1) is 10.2. The fourth-order valence-electron chi connectivity index (χ4n) is 0.813. The van der Waals surface area contributed by atoms with Crippen molar-refractivity contribution in [3.8, 4) is 0 Å². The second-order valence-electron chi connectivity index (χ2n) is 2.52. The molecule has 0 aromatic rings. The Morgan fingerprint density at radius 1 is 1.64 bits per heavy atom. The van der Waals surface area contributed by atoms with Crippen molar-refractivity contribution in [3.63, 3.8) is 0 Å². The van der Waals surface area contributed by atoms with Crippen molar-refractivity contribution in [2.45, 2.75) is 27.2 Å². The molecule has 0 bridgehead atoms. The zero-order chi connectivity index (χ0) is 8.69. The lowest BCUT2D eigenvalue weighted by molar-refractivity contribution is 0.649. The molecule has 0 N–H and O–H groups in total. The molecule has 0 rings (SSSR count). The van der Waals surface area contributed by atoms with E-state index >= 15 is 0 Å². The Balaban J connectivity index is 4.32. The van der Waals surface area contributed by atoms with Gasteiger partial charge in [0.2, 0.25) is 0 Å². The van der Waals surface area contributed by atoms with Gasteiger partial charge >= 0.3 is 0 Å². The number of hydrogen-bond donors (Lipinski definition) is 0. The van der Waals surface area contributed by atoms with Crippen molar-refractivity contribution < 1.29 is 0 Å². The maximum absolute atomic E-state index is 4.25. The van der Waals surface area contributed by atoms with Crippen LogP contribution in [0.2, 0.25) is 0 Å². The lowest BCUT2D eigenvalue weighted by Gasteiger charge is -2.07. The molecule has 0 aromatic heterocycles. The third-order valence-electron chi connectivity index (χ3n) is 1.68. The van der Waals surface area contributed by atoms with E-state index in [0.29, 0.717) is 5.92 Å². The van der Waals surface area contributed by atoms with Crippen LogP contribution in [0.25, 0.3) is 0 Å². The molecule has 0 aromatic carbocycles. The summed E-state index contributed by atoms with van der Waals surface area (Å²) in [5, 5.41) is 0. The summed E-state index contributed by atoms with van der Waals surface area (Å²) in [6, 6.07) is 0. The molecule has 0 radical (unpaired) electrons. The predicted octanol–water partition coefficient (Wildman–Crippen LogP) is 3.19. The summed E-state index contributed by atoms with van der Waals surface area (Å²) in [6.45, 7) is 9.91. The molecule has 0 aliphatic heterocycles. The highest BCUT2D eigenvalue weighted by atomic mass is 14.7. The number of hydrogen-bond acceptors (Lipinski definition) is 1. The van der Waals surface area contributed by atoms with Crippen LogP contribution >= 0.6 is 0 Å². The Morgan fingerprint density at radius 2 is 2.27 bits per heavy atom. The van der Waals surface area contributed by atoms with Crippen molar-refractivity contribution in [2.75, 3.05) is 0 Å². The average Bonchev–Trinajstić information content (AvgIpc) is 2.03. The SMILES string of the molecule is C=C/C=C(\N=C/C)C(C)CC. The summed E-state index contributed by atoms with van der Waals surface area (Å²) in [5.74, 6) is 0.532. The summed E-state index contributed by atoms with van der Waals surface area (Å²) in [5.41, 5.74) is 1.12. The first-order chi connectivity index (χ1) is 5.26. The molecular weight excluding hydrogens is 134 g/mol. The summed E-state index contributed by atoms with van der Waals surface area (Å²) < 4.78 is 0. The van der Waals surface area contributed by atoms with Crippen LogP contribution in [0.3, 0.4) is 0 Å². The Kier molecular flexibility index (Phi) is 5.44. The van der Waals surface area contributed by atoms with E-state index < -0.39 is 0 Å². The minimum absolute atomic E-state index is 0.532. The first-order valence-corrected chi connectivity index (χ1v) is 4.07. The van der Waals surface area contributed by atoms with Gasteiger partial charge in [-0.3, -0.25) is 4.99 Å². The van der Waals surface area contributed by atoms with Gasteiger partial charge in [-0.25, -0.2) is 0 Å². The zero-order valence-electron chi connectivity index (χ0n) is 7.67. The Labute approximate surface area is 69.5 Å². The lowest BCUT2D eigenvalue weighted by atomic mass is 10.1. The first-order valence-electron chi connectivity index (χ1n) is 4.07. The van der Waals surface area contributed by atoms with E-state index in [4.69, 9.17) is 0 Å². The fourth-order valence-corrected chi connectivity index (χ4v) is 0.813. The van der Waals surface area contributed by atoms with E-state index in [1.165, 1.54) is 0 Å². The van der Waals surface area contributed by atoms with E-state index in [2.05, 4.69) is 25.4 Å². The molecule has 0 fully saturated rings. The standard InChI is InChI=1S/C10H17N/c1-5-8-10(11-7-3)9(4)6-2/h5,7-9H,1,6H2,2-4H3/b10-8-,11-7-. The van der Waals surface area contributed by atoms with Crippen molar-refractivity contribution >= 4 is 6.21 Å². The molecule has 0 saturated heterocycles. The number of allylic oxidation sites excluding steroid dienone is 3. The molecule has 1 nitrogen and oxygen atoms in total. The van der Waals surface area contributed by atoms with Crippen LogP contribution in [-0.2, 0) is 0 Å². The van der Waals surface area contributed by atoms with Gasteiger partial charge in [0.1, 0.15) is 0 Å². The molecule has 1 unspecified atom stereocenters. The van der Waals surface area contributed by atoms with Crippen LogP contribution < -0.4 is 0 Å². The van der Waals surface area contributed by atoms with Gasteiger partial charge in [-0.05, 0) is 25.3 Å². The normalized spacial score (nSPS) is 15.4. The Hall–Kier alpha value is -0.850. The topological polar surface area (TPSA) is 12.4 Å². The van der Waals surface area contributed by atoms with Gasteiger partial charge in [0.25, 0.3) is 0 Å². The summed E-state index contributed by atoms with van der Waals surface area (Å²) >= 11 is 0. The van der Waals surface area contributed by atoms with Gasteiger partial charge in [-0.15, -0.1) is 0 Å². The summed E-state index contributed by atoms with van der Waals surface area (Å²) in [6.07, 6.45) is 6.70. The van der Waals surface area contributed by atoms with Gasteiger partial charge in [-0.1, -0.05) is 26.5 Å². The van der Waals surface area contributed by atoms with Crippen LogP contribution in [-0.4, -0.2) is 6.21 Å². The summed E-state index contributed by atoms with van der Waals surface area (Å²) in [7, 11) is 0. The van der Waals surface area contributed by atoms with E-state index in [-0.39, 0.29) is 0 Å². The smallest absolute Gasteiger partial charge is 0.0427 e. The second-order valence-corrected chi connectivity index (χ2v) is 2.52.